The summed E-state index contributed by atoms with van der Waals surface area (Å²) >= 11 is 0. The Morgan fingerprint density at radius 1 is 1.37 bits per heavy atom. The summed E-state index contributed by atoms with van der Waals surface area (Å²) in [7, 11) is 0. The van der Waals surface area contributed by atoms with Crippen LogP contribution in [0, 0.1) is 10.1 Å². The molecule has 1 unspecified atom stereocenters. The first-order valence-electron chi connectivity index (χ1n) is 5.74. The highest BCUT2D eigenvalue weighted by atomic mass is 16.6. The van der Waals surface area contributed by atoms with Crippen molar-refractivity contribution in [3.63, 3.8) is 0 Å². The molecule has 1 atom stereocenters. The minimum absolute atomic E-state index is 0.0309. The van der Waals surface area contributed by atoms with E-state index in [2.05, 4.69) is 5.32 Å². The molecule has 0 saturated carbocycles. The maximum absolute atomic E-state index is 10.5. The first kappa shape index (κ1) is 13.1. The zero-order chi connectivity index (χ0) is 13.9. The summed E-state index contributed by atoms with van der Waals surface area (Å²) < 4.78 is 5.16. The predicted molar refractivity (Wildman–Crippen MR) is 69.9 cm³/mol. The van der Waals surface area contributed by atoms with Gasteiger partial charge in [-0.25, -0.2) is 0 Å². The topological polar surface area (TPSA) is 88.5 Å². The van der Waals surface area contributed by atoms with Crippen LogP contribution in [0.4, 0.5) is 11.4 Å². The van der Waals surface area contributed by atoms with Crippen LogP contribution in [0.2, 0.25) is 0 Å². The van der Waals surface area contributed by atoms with E-state index < -0.39 is 10.5 Å². The molecule has 100 valence electrons. The van der Waals surface area contributed by atoms with Gasteiger partial charge in [0.05, 0.1) is 17.7 Å². The van der Waals surface area contributed by atoms with Crippen LogP contribution in [0.15, 0.2) is 47.1 Å². The second-order valence-electron chi connectivity index (χ2n) is 4.41. The van der Waals surface area contributed by atoms with Crippen molar-refractivity contribution in [1.29, 1.82) is 0 Å². The molecular formula is C13H14N2O4. The average Bonchev–Trinajstić information content (AvgIpc) is 2.91. The second kappa shape index (κ2) is 5.11. The number of non-ortho nitro benzene ring substituents is 1. The van der Waals surface area contributed by atoms with Crippen molar-refractivity contribution in [2.75, 3.05) is 11.9 Å². The Bertz CT molecular complexity index is 547. The molecule has 1 aromatic carbocycles. The van der Waals surface area contributed by atoms with Crippen LogP contribution in [-0.4, -0.2) is 16.6 Å². The summed E-state index contributed by atoms with van der Waals surface area (Å²) in [5.74, 6) is 0.460. The van der Waals surface area contributed by atoms with Gasteiger partial charge in [-0.05, 0) is 31.2 Å². The van der Waals surface area contributed by atoms with Crippen LogP contribution >= 0.6 is 0 Å². The van der Waals surface area contributed by atoms with Crippen molar-refractivity contribution in [3.8, 4) is 0 Å². The van der Waals surface area contributed by atoms with Gasteiger partial charge < -0.3 is 14.8 Å². The van der Waals surface area contributed by atoms with Gasteiger partial charge in [-0.1, -0.05) is 0 Å². The molecule has 0 spiro atoms. The maximum atomic E-state index is 10.5. The Morgan fingerprint density at radius 3 is 2.58 bits per heavy atom. The molecule has 0 aliphatic heterocycles. The third kappa shape index (κ3) is 3.11. The number of benzene rings is 1. The molecule has 1 heterocycles. The number of nitro benzene ring substituents is 1. The molecule has 2 aromatic rings. The van der Waals surface area contributed by atoms with Crippen molar-refractivity contribution >= 4 is 11.4 Å². The number of anilines is 1. The SMILES string of the molecule is CC(O)(CNc1ccc([N+](=O)[O-])cc1)c1ccco1. The molecule has 1 aromatic heterocycles. The van der Waals surface area contributed by atoms with Crippen molar-refractivity contribution in [2.24, 2.45) is 0 Å². The number of hydrogen-bond donors (Lipinski definition) is 2. The quantitative estimate of drug-likeness (QED) is 0.638. The number of aliphatic hydroxyl groups is 1. The fourth-order valence-corrected chi connectivity index (χ4v) is 1.65. The molecule has 0 fully saturated rings. The van der Waals surface area contributed by atoms with E-state index in [1.807, 2.05) is 0 Å². The van der Waals surface area contributed by atoms with Gasteiger partial charge in [-0.2, -0.15) is 0 Å². The van der Waals surface area contributed by atoms with E-state index in [0.717, 1.165) is 0 Å². The summed E-state index contributed by atoms with van der Waals surface area (Å²) in [4.78, 5) is 10.1. The summed E-state index contributed by atoms with van der Waals surface area (Å²) in [5.41, 5.74) is -0.425. The van der Waals surface area contributed by atoms with Gasteiger partial charge >= 0.3 is 0 Å². The van der Waals surface area contributed by atoms with Crippen LogP contribution in [-0.2, 0) is 5.60 Å². The molecule has 0 aliphatic rings. The minimum atomic E-state index is -1.15. The van der Waals surface area contributed by atoms with Crippen LogP contribution in [0.5, 0.6) is 0 Å². The largest absolute Gasteiger partial charge is 0.466 e. The van der Waals surface area contributed by atoms with Crippen LogP contribution in [0.25, 0.3) is 0 Å². The number of nitrogens with one attached hydrogen (secondary N) is 1. The van der Waals surface area contributed by atoms with Gasteiger partial charge in [0.15, 0.2) is 0 Å². The lowest BCUT2D eigenvalue weighted by molar-refractivity contribution is -0.384. The highest BCUT2D eigenvalue weighted by molar-refractivity contribution is 5.48. The highest BCUT2D eigenvalue weighted by Crippen LogP contribution is 2.22. The average molecular weight is 262 g/mol. The summed E-state index contributed by atoms with van der Waals surface area (Å²) in [6.45, 7) is 1.86. The zero-order valence-electron chi connectivity index (χ0n) is 10.4. The van der Waals surface area contributed by atoms with E-state index in [0.29, 0.717) is 11.4 Å². The summed E-state index contributed by atoms with van der Waals surface area (Å²) in [6, 6.07) is 9.40. The smallest absolute Gasteiger partial charge is 0.269 e. The minimum Gasteiger partial charge on any atom is -0.466 e. The van der Waals surface area contributed by atoms with Crippen molar-refractivity contribution < 1.29 is 14.4 Å². The monoisotopic (exact) mass is 262 g/mol. The predicted octanol–water partition coefficient (Wildman–Crippen LogP) is 2.51. The van der Waals surface area contributed by atoms with Gasteiger partial charge in [0.2, 0.25) is 0 Å². The molecule has 0 aliphatic carbocycles. The fourth-order valence-electron chi connectivity index (χ4n) is 1.65. The van der Waals surface area contributed by atoms with E-state index in [1.54, 1.807) is 31.2 Å². The first-order valence-corrected chi connectivity index (χ1v) is 5.74. The Labute approximate surface area is 109 Å². The third-order valence-electron chi connectivity index (χ3n) is 2.77. The Kier molecular flexibility index (Phi) is 3.52. The molecule has 0 radical (unpaired) electrons. The Morgan fingerprint density at radius 2 is 2.05 bits per heavy atom. The standard InChI is InChI=1S/C13H14N2O4/c1-13(16,12-3-2-8-19-12)9-14-10-4-6-11(7-5-10)15(17)18/h2-8,14,16H,9H2,1H3. The van der Waals surface area contributed by atoms with E-state index in [9.17, 15) is 15.2 Å². The number of rotatable bonds is 5. The Hall–Kier alpha value is -2.34. The van der Waals surface area contributed by atoms with Gasteiger partial charge in [0, 0.05) is 17.8 Å². The van der Waals surface area contributed by atoms with E-state index in [4.69, 9.17) is 4.42 Å². The number of nitro groups is 1. The normalized spacial score (nSPS) is 13.8. The first-order chi connectivity index (χ1) is 8.99. The third-order valence-corrected chi connectivity index (χ3v) is 2.77. The van der Waals surface area contributed by atoms with E-state index in [1.165, 1.54) is 18.4 Å². The number of hydrogen-bond acceptors (Lipinski definition) is 5. The summed E-state index contributed by atoms with van der Waals surface area (Å²) in [6.07, 6.45) is 1.50. The lowest BCUT2D eigenvalue weighted by Gasteiger charge is -2.21. The van der Waals surface area contributed by atoms with Crippen molar-refractivity contribution in [2.45, 2.75) is 12.5 Å². The molecule has 2 N–H and O–H groups in total. The maximum Gasteiger partial charge on any atom is 0.269 e. The van der Waals surface area contributed by atoms with E-state index >= 15 is 0 Å². The van der Waals surface area contributed by atoms with Crippen LogP contribution in [0.3, 0.4) is 0 Å². The Balaban J connectivity index is 2.00. The molecule has 6 heteroatoms. The lowest BCUT2D eigenvalue weighted by atomic mass is 10.0. The molecule has 19 heavy (non-hydrogen) atoms. The van der Waals surface area contributed by atoms with Gasteiger partial charge in [-0.3, -0.25) is 10.1 Å². The van der Waals surface area contributed by atoms with Crippen LogP contribution < -0.4 is 5.32 Å². The molecule has 2 rings (SSSR count). The van der Waals surface area contributed by atoms with E-state index in [-0.39, 0.29) is 12.2 Å². The summed E-state index contributed by atoms with van der Waals surface area (Å²) in [5, 5.41) is 23.7. The second-order valence-corrected chi connectivity index (χ2v) is 4.41. The van der Waals surface area contributed by atoms with Gasteiger partial charge in [0.25, 0.3) is 5.69 Å². The van der Waals surface area contributed by atoms with Crippen LogP contribution in [0.1, 0.15) is 12.7 Å². The fraction of sp³-hybridized carbons (Fsp3) is 0.231. The lowest BCUT2D eigenvalue weighted by Crippen LogP contribution is -2.30. The van der Waals surface area contributed by atoms with Gasteiger partial charge in [0.1, 0.15) is 11.4 Å². The van der Waals surface area contributed by atoms with Crippen molar-refractivity contribution in [1.82, 2.24) is 0 Å². The van der Waals surface area contributed by atoms with Gasteiger partial charge in [-0.15, -0.1) is 0 Å². The number of nitrogens with zero attached hydrogens (tertiary/aromatic N) is 1. The zero-order valence-corrected chi connectivity index (χ0v) is 10.4. The van der Waals surface area contributed by atoms with Crippen molar-refractivity contribution in [3.05, 3.63) is 58.5 Å². The number of furan rings is 1. The highest BCUT2D eigenvalue weighted by Gasteiger charge is 2.25. The molecular weight excluding hydrogens is 248 g/mol. The molecule has 0 saturated heterocycles. The molecule has 6 nitrogen and oxygen atoms in total. The molecule has 0 amide bonds. The molecule has 0 bridgehead atoms.